The average Bonchev–Trinajstić information content (AvgIpc) is 2.10. The molecule has 0 aromatic rings. The highest BCUT2D eigenvalue weighted by molar-refractivity contribution is 5.82. The van der Waals surface area contributed by atoms with Crippen LogP contribution in [-0.4, -0.2) is 42.2 Å². The molecule has 0 saturated heterocycles. The number of nitrogens with two attached hydrogens (primary N) is 1. The Morgan fingerprint density at radius 2 is 1.86 bits per heavy atom. The molecule has 6 heteroatoms. The summed E-state index contributed by atoms with van der Waals surface area (Å²) in [5.74, 6) is -0.579. The fraction of sp³-hybridized carbons (Fsp3) is 0.750. The molecule has 0 aromatic carbocycles. The van der Waals surface area contributed by atoms with Crippen molar-refractivity contribution in [1.82, 2.24) is 10.6 Å². The average molecular weight is 203 g/mol. The maximum absolute atomic E-state index is 11.1. The van der Waals surface area contributed by atoms with Crippen molar-refractivity contribution in [3.63, 3.8) is 0 Å². The van der Waals surface area contributed by atoms with Crippen molar-refractivity contribution in [1.29, 1.82) is 0 Å². The molecule has 0 aliphatic rings. The van der Waals surface area contributed by atoms with E-state index >= 15 is 0 Å². The molecule has 6 nitrogen and oxygen atoms in total. The molecule has 0 aliphatic carbocycles. The van der Waals surface area contributed by atoms with Gasteiger partial charge in [0.15, 0.2) is 0 Å². The zero-order valence-electron chi connectivity index (χ0n) is 8.41. The van der Waals surface area contributed by atoms with Crippen LogP contribution in [0, 0.1) is 0 Å². The van der Waals surface area contributed by atoms with Gasteiger partial charge in [0.2, 0.25) is 11.8 Å². The summed E-state index contributed by atoms with van der Waals surface area (Å²) in [4.78, 5) is 21.6. The number of hydrogen-bond donors (Lipinski definition) is 4. The van der Waals surface area contributed by atoms with Gasteiger partial charge in [-0.05, 0) is 6.92 Å². The number of rotatable bonds is 5. The van der Waals surface area contributed by atoms with Gasteiger partial charge in [0.05, 0.1) is 6.10 Å². The normalized spacial score (nSPS) is 14.3. The van der Waals surface area contributed by atoms with E-state index in [1.54, 1.807) is 0 Å². The van der Waals surface area contributed by atoms with Crippen molar-refractivity contribution in [3.8, 4) is 0 Å². The molecule has 14 heavy (non-hydrogen) atoms. The summed E-state index contributed by atoms with van der Waals surface area (Å²) in [5.41, 5.74) is 5.35. The minimum Gasteiger partial charge on any atom is -0.391 e. The number of carbonyl (C=O) groups is 2. The molecule has 5 N–H and O–H groups in total. The van der Waals surface area contributed by atoms with Crippen LogP contribution in [-0.2, 0) is 9.59 Å². The highest BCUT2D eigenvalue weighted by atomic mass is 16.3. The standard InChI is InChI=1S/C8H17N3O3/c1-5(12)7(9)8(14)11-4-3-10-6(2)13/h5,7,12H,3-4,9H2,1-2H3,(H,10,13)(H,11,14). The van der Waals surface area contributed by atoms with Crippen molar-refractivity contribution in [2.45, 2.75) is 26.0 Å². The van der Waals surface area contributed by atoms with Crippen molar-refractivity contribution < 1.29 is 14.7 Å². The van der Waals surface area contributed by atoms with Gasteiger partial charge in [-0.2, -0.15) is 0 Å². The van der Waals surface area contributed by atoms with Gasteiger partial charge in [-0.3, -0.25) is 9.59 Å². The Morgan fingerprint density at radius 3 is 2.29 bits per heavy atom. The van der Waals surface area contributed by atoms with Crippen LogP contribution < -0.4 is 16.4 Å². The van der Waals surface area contributed by atoms with Gasteiger partial charge in [0, 0.05) is 20.0 Å². The van der Waals surface area contributed by atoms with E-state index in [4.69, 9.17) is 10.8 Å². The number of aliphatic hydroxyl groups is 1. The Labute approximate surface area is 82.9 Å². The van der Waals surface area contributed by atoms with Crippen molar-refractivity contribution >= 4 is 11.8 Å². The lowest BCUT2D eigenvalue weighted by atomic mass is 10.2. The molecule has 0 spiro atoms. The van der Waals surface area contributed by atoms with Crippen molar-refractivity contribution in [2.75, 3.05) is 13.1 Å². The summed E-state index contributed by atoms with van der Waals surface area (Å²) < 4.78 is 0. The maximum atomic E-state index is 11.1. The SMILES string of the molecule is CC(=O)NCCNC(=O)C(N)C(C)O. The second-order valence-electron chi connectivity index (χ2n) is 3.04. The Morgan fingerprint density at radius 1 is 1.36 bits per heavy atom. The molecule has 0 rings (SSSR count). The summed E-state index contributed by atoms with van der Waals surface area (Å²) in [7, 11) is 0. The van der Waals surface area contributed by atoms with Crippen LogP contribution in [0.15, 0.2) is 0 Å². The third kappa shape index (κ3) is 5.50. The zero-order valence-corrected chi connectivity index (χ0v) is 8.41. The molecule has 0 heterocycles. The predicted octanol–water partition coefficient (Wildman–Crippen LogP) is -2.05. The molecule has 0 fully saturated rings. The summed E-state index contributed by atoms with van der Waals surface area (Å²) in [6.45, 7) is 3.49. The number of hydrogen-bond acceptors (Lipinski definition) is 4. The smallest absolute Gasteiger partial charge is 0.239 e. The first-order chi connectivity index (χ1) is 6.45. The summed E-state index contributed by atoms with van der Waals surface area (Å²) >= 11 is 0. The number of amides is 2. The summed E-state index contributed by atoms with van der Waals surface area (Å²) in [6.07, 6.45) is -0.879. The Bertz CT molecular complexity index is 206. The molecule has 0 bridgehead atoms. The van der Waals surface area contributed by atoms with Gasteiger partial charge < -0.3 is 21.5 Å². The summed E-state index contributed by atoms with van der Waals surface area (Å²) in [6, 6.07) is -0.924. The Hall–Kier alpha value is -1.14. The molecule has 82 valence electrons. The van der Waals surface area contributed by atoms with Crippen LogP contribution in [0.3, 0.4) is 0 Å². The second-order valence-corrected chi connectivity index (χ2v) is 3.04. The highest BCUT2D eigenvalue weighted by Crippen LogP contribution is 1.87. The number of nitrogens with one attached hydrogen (secondary N) is 2. The van der Waals surface area contributed by atoms with Crippen LogP contribution in [0.4, 0.5) is 0 Å². The minimum atomic E-state index is -0.924. The number of aliphatic hydroxyl groups excluding tert-OH is 1. The first-order valence-electron chi connectivity index (χ1n) is 4.41. The molecular weight excluding hydrogens is 186 g/mol. The lowest BCUT2D eigenvalue weighted by molar-refractivity contribution is -0.125. The first-order valence-corrected chi connectivity index (χ1v) is 4.41. The quantitative estimate of drug-likeness (QED) is 0.386. The van der Waals surface area contributed by atoms with E-state index in [1.165, 1.54) is 13.8 Å². The fourth-order valence-corrected chi connectivity index (χ4v) is 0.761. The van der Waals surface area contributed by atoms with Gasteiger partial charge in [0.1, 0.15) is 6.04 Å². The van der Waals surface area contributed by atoms with E-state index in [-0.39, 0.29) is 5.91 Å². The first kappa shape index (κ1) is 12.9. The van der Waals surface area contributed by atoms with E-state index in [1.807, 2.05) is 0 Å². The molecule has 0 radical (unpaired) electrons. The zero-order chi connectivity index (χ0) is 11.1. The van der Waals surface area contributed by atoms with E-state index in [9.17, 15) is 9.59 Å². The molecule has 0 aromatic heterocycles. The van der Waals surface area contributed by atoms with Gasteiger partial charge in [-0.1, -0.05) is 0 Å². The van der Waals surface area contributed by atoms with E-state index in [2.05, 4.69) is 10.6 Å². The fourth-order valence-electron chi connectivity index (χ4n) is 0.761. The van der Waals surface area contributed by atoms with E-state index < -0.39 is 18.1 Å². The van der Waals surface area contributed by atoms with Gasteiger partial charge in [0.25, 0.3) is 0 Å². The Balaban J connectivity index is 3.59. The topological polar surface area (TPSA) is 104 Å². The second kappa shape index (κ2) is 6.33. The minimum absolute atomic E-state index is 0.154. The van der Waals surface area contributed by atoms with Crippen molar-refractivity contribution in [2.24, 2.45) is 5.73 Å². The van der Waals surface area contributed by atoms with Gasteiger partial charge in [-0.15, -0.1) is 0 Å². The Kier molecular flexibility index (Phi) is 5.82. The maximum Gasteiger partial charge on any atom is 0.239 e. The molecule has 2 unspecified atom stereocenters. The molecular formula is C8H17N3O3. The third-order valence-corrected chi connectivity index (χ3v) is 1.62. The van der Waals surface area contributed by atoms with Crippen LogP contribution >= 0.6 is 0 Å². The van der Waals surface area contributed by atoms with Crippen LogP contribution in [0.5, 0.6) is 0 Å². The number of carbonyl (C=O) groups excluding carboxylic acids is 2. The van der Waals surface area contributed by atoms with Gasteiger partial charge in [-0.25, -0.2) is 0 Å². The van der Waals surface area contributed by atoms with Gasteiger partial charge >= 0.3 is 0 Å². The van der Waals surface area contributed by atoms with Crippen molar-refractivity contribution in [3.05, 3.63) is 0 Å². The summed E-state index contributed by atoms with van der Waals surface area (Å²) in [5, 5.41) is 14.0. The highest BCUT2D eigenvalue weighted by Gasteiger charge is 2.17. The molecule has 2 atom stereocenters. The molecule has 2 amide bonds. The van der Waals surface area contributed by atoms with Crippen LogP contribution in [0.2, 0.25) is 0 Å². The van der Waals surface area contributed by atoms with E-state index in [0.29, 0.717) is 13.1 Å². The molecule has 0 aliphatic heterocycles. The van der Waals surface area contributed by atoms with E-state index in [0.717, 1.165) is 0 Å². The predicted molar refractivity (Wildman–Crippen MR) is 51.3 cm³/mol. The largest absolute Gasteiger partial charge is 0.391 e. The third-order valence-electron chi connectivity index (χ3n) is 1.62. The molecule has 0 saturated carbocycles. The lowest BCUT2D eigenvalue weighted by Crippen LogP contribution is -2.48. The monoisotopic (exact) mass is 203 g/mol. The van der Waals surface area contributed by atoms with Crippen LogP contribution in [0.1, 0.15) is 13.8 Å². The lowest BCUT2D eigenvalue weighted by Gasteiger charge is -2.14. The van der Waals surface area contributed by atoms with Crippen LogP contribution in [0.25, 0.3) is 0 Å².